The van der Waals surface area contributed by atoms with Crippen LogP contribution in [0.3, 0.4) is 0 Å². The van der Waals surface area contributed by atoms with Gasteiger partial charge in [-0.3, -0.25) is 0 Å². The molecule has 0 aromatic carbocycles. The minimum Gasteiger partial charge on any atom is -0.153 e. The van der Waals surface area contributed by atoms with Gasteiger partial charge in [-0.1, -0.05) is 21.3 Å². The van der Waals surface area contributed by atoms with E-state index in [1.807, 2.05) is 25.7 Å². The lowest BCUT2D eigenvalue weighted by Crippen LogP contribution is -3.79. The topological polar surface area (TPSA) is 0 Å². The maximum atomic E-state index is 2.33. The van der Waals surface area contributed by atoms with Crippen molar-refractivity contribution in [3.8, 4) is 0 Å². The van der Waals surface area contributed by atoms with Crippen molar-refractivity contribution >= 4 is 27.8 Å². The maximum absolute atomic E-state index is 2.33. The molecule has 110 atom stereocenters. The zero-order valence-electron chi connectivity index (χ0n) is 69.1. The molecule has 600 valence electrons. The Morgan fingerprint density at radius 2 is 0.413 bits per heavy atom. The average molecular weight is 1660 g/mol. The van der Waals surface area contributed by atoms with Gasteiger partial charge >= 0.3 is 0 Å². The predicted molar refractivity (Wildman–Crippen MR) is 434 cm³/mol. The second-order valence-electron chi connectivity index (χ2n) is 77.4. The third-order valence-corrected chi connectivity index (χ3v) is 103. The molecule has 0 nitrogen and oxygen atoms in total. The zero-order valence-corrected chi connectivity index (χ0v) is 72.9. The molecule has 0 bridgehead atoms. The number of hydrogen-bond donors (Lipinski definition) is 0. The highest BCUT2D eigenvalue weighted by molar-refractivity contribution is 7.92. The standard InChI is InChI=1S/C88H38.C33H40.2CH4.H4P2.H3P/c1-5-13-21-22-14-6-2-10-19-27-31-34-32-28-20-12-4-8-16-24-23-15-7-3-11-18-26-30-33-29-25-17-9(1)35(5)39(13)47(21)48(22)40(14)36(6,10)44(19)53(27)57(31)60(34)58(32)54(28)46(20)38(8,12)42(16)50(24)49(23)41(15)37(7,11)45(18)52(26)56(30)59(33)55(29)51(25)43(17,35)61(39)65(47)66(48)62(40,44)70(53)75(57)78(60)76(58)72(54)64(42,46)68(50)67(49)63(41,45)71(52)74(56)77(59)73(55)69(51,61)79(65)80(66,70)84(75)83(73,79)87(77)85(74)81(67,71)82(68,72)86(76,85)88(78,84)87;1-2-12-5-4-11-8-16-24(11)32(12)25(16)21-19-22-26-20-18-17-10-15-9-14-7-6-13(3-1)33(26,28(22)23(19)27(21)32)30(20)29(18)31(14,15)17;;;1-2;/h5-34H,1-4H2;11-30H,1-10H2;2*1H4;1-2H2;1H3/t5?,6?,7?,8?,9?,10?,11?,12?,13?,14?,15?,16?,17?,18?,19?,20?,21?,22?,23?,24?,25?,26?,27?,28?,29-,30?,31?,32?,33?,34?,35?,36?,37?,38?,39?,40?,41?,42?,43?,44?,45?,46?,47?,48?,49?,50?,51?,52?,53?,54?,55-,56?,57+,58?,59?,60?,61?,62?,63?,64?,65?,66?,67?,68?,69?,70?,71?,72?,73-,74?,75+,76?,77?,78?,79?,80?,81?,82?,83+,84-,85?,86?,87?,88?;11?,12?,13?,14?,15?,16?,17?,18?,19?,20?,21?,22?,23-,24?,25?,26?,27?,28?,29?,30?,31?,32?,33?;;;;/m00..../s1. The van der Waals surface area contributed by atoms with Crippen molar-refractivity contribution in [1.82, 2.24) is 0 Å². The van der Waals surface area contributed by atoms with Crippen molar-refractivity contribution in [2.24, 2.45) is 523 Å². The van der Waals surface area contributed by atoms with Crippen LogP contribution in [0.2, 0.25) is 0 Å². The van der Waals surface area contributed by atoms with Crippen LogP contribution >= 0.6 is 27.8 Å². The lowest BCUT2D eigenvalue weighted by Gasteiger charge is -3.81. The highest BCUT2D eigenvalue weighted by atomic mass is 32.0. The molecule has 84 fully saturated rings. The number of fused-ring (bicyclic) bond motifs is 34. The van der Waals surface area contributed by atoms with Gasteiger partial charge in [0, 0.05) is 0 Å². The molecule has 0 aromatic rings. The molecule has 84 rings (SSSR count). The van der Waals surface area contributed by atoms with Gasteiger partial charge in [-0.15, -0.1) is 17.9 Å². The Morgan fingerprint density at radius 1 is 0.159 bits per heavy atom. The molecule has 84 aliphatic rings. The molecule has 57 spiro atoms. The fourth-order valence-electron chi connectivity index (χ4n) is 131. The van der Waals surface area contributed by atoms with E-state index in [9.17, 15) is 0 Å². The summed E-state index contributed by atoms with van der Waals surface area (Å²) in [5, 5.41) is 0. The molecular formula is C123H93P3. The third-order valence-electron chi connectivity index (χ3n) is 103. The minimum atomic E-state index is 0. The van der Waals surface area contributed by atoms with Crippen molar-refractivity contribution in [1.29, 1.82) is 0 Å². The second kappa shape index (κ2) is 7.70. The molecule has 0 aliphatic heterocycles. The number of hydrogen-bond acceptors (Lipinski definition) is 0. The molecule has 0 saturated heterocycles. The van der Waals surface area contributed by atoms with E-state index in [-0.39, 0.29) is 24.8 Å². The van der Waals surface area contributed by atoms with Crippen LogP contribution in [0, 0.1) is 605 Å². The highest BCUT2D eigenvalue weighted by Crippen LogP contribution is 3.90. The lowest BCUT2D eigenvalue weighted by molar-refractivity contribution is -1.27. The molecule has 0 aromatic heterocycles. The van der Waals surface area contributed by atoms with Gasteiger partial charge in [0.25, 0.3) is 0 Å². The van der Waals surface area contributed by atoms with Crippen LogP contribution in [-0.2, 0) is 0 Å². The summed E-state index contributed by atoms with van der Waals surface area (Å²) >= 11 is 0. The first-order chi connectivity index (χ1) is 61.2. The molecule has 84 saturated carbocycles. The Kier molecular flexibility index (Phi) is 2.95. The molecular weight excluding hydrogens is 1570 g/mol. The summed E-state index contributed by atoms with van der Waals surface area (Å²) in [4.78, 5) is 0. The summed E-state index contributed by atoms with van der Waals surface area (Å²) in [6.07, 6.45) is 24.6. The van der Waals surface area contributed by atoms with Crippen LogP contribution < -0.4 is 0 Å². The molecule has 84 aliphatic carbocycles. The summed E-state index contributed by atoms with van der Waals surface area (Å²) in [5.41, 5.74) is 65.4. The van der Waals surface area contributed by atoms with Gasteiger partial charge in [0.2, 0.25) is 0 Å². The molecule has 126 heavy (non-hydrogen) atoms. The van der Waals surface area contributed by atoms with Crippen LogP contribution in [0.4, 0.5) is 0 Å². The van der Waals surface area contributed by atoms with Crippen molar-refractivity contribution in [3.63, 3.8) is 0 Å². The molecule has 0 radical (unpaired) electrons. The van der Waals surface area contributed by atoms with Gasteiger partial charge in [-0.25, -0.2) is 0 Å². The highest BCUT2D eigenvalue weighted by Gasteiger charge is 3.88. The predicted octanol–water partition coefficient (Wildman–Crippen LogP) is 14.8. The lowest BCUT2D eigenvalue weighted by atomic mass is 8.20. The van der Waals surface area contributed by atoms with Crippen molar-refractivity contribution in [2.75, 3.05) is 0 Å². The minimum absolute atomic E-state index is 0. The molecule has 102 unspecified atom stereocenters. The Bertz CT molecular complexity index is 8270. The van der Waals surface area contributed by atoms with E-state index in [0.29, 0.717) is 0 Å². The van der Waals surface area contributed by atoms with Gasteiger partial charge in [-0.2, -0.15) is 9.90 Å². The molecule has 0 heterocycles. The van der Waals surface area contributed by atoms with Gasteiger partial charge < -0.3 is 0 Å². The molecule has 0 amide bonds. The van der Waals surface area contributed by atoms with E-state index in [1.165, 1.54) is 426 Å². The van der Waals surface area contributed by atoms with Crippen molar-refractivity contribution in [3.05, 3.63) is 81.2 Å². The quantitative estimate of drug-likeness (QED) is 0.212. The van der Waals surface area contributed by atoms with E-state index in [2.05, 4.69) is 17.9 Å². The third kappa shape index (κ3) is 1.13. The summed E-state index contributed by atoms with van der Waals surface area (Å²) in [7, 11) is 4.67. The van der Waals surface area contributed by atoms with Crippen LogP contribution in [0.1, 0.15) is 105 Å². The summed E-state index contributed by atoms with van der Waals surface area (Å²) in [6.45, 7) is 0. The Morgan fingerprint density at radius 3 is 0.738 bits per heavy atom. The Hall–Kier alpha value is 1.29. The van der Waals surface area contributed by atoms with Crippen LogP contribution in [0.25, 0.3) is 0 Å². The first-order valence-electron chi connectivity index (χ1n) is 60.5. The second-order valence-corrected chi connectivity index (χ2v) is 77.4. The summed E-state index contributed by atoms with van der Waals surface area (Å²) in [5.74, 6) is 68.9. The number of rotatable bonds is 0. The maximum Gasteiger partial charge on any atom is -0.0000127 e. The fourth-order valence-corrected chi connectivity index (χ4v) is 131. The SMILES string of the molecule is C.C.C1C2C3C4C5C6C7CC8C9C%10C%11C%12[C@@H]%13C%14C%15C%16CC%17C%18C%19C%20C%21C%22CC%23C%24C%25C%26C%27C%28C%29C%30C1C21C32C43C54C65C78C96C%107C%118C9%10C7%11C56C45C34C23C%301C%291C%282C67C13C41C5%11C93C16C14C75C%272[C@]%262C%256C%247C%22%23C%219C%20%11C%19%20C%18%19C%17%16C%15%16C%19%15C%20%17C%11%18C97C67C%186C%179C%15%11C%14%16[C@]%13%14C%128C%108C31[C@@]9([C@@]%118%14)[C@]64[C@]752.C1CC2CCC3CC4C3C23C4C2C4C5C6C7C8C9CC%10CC%11CCC(C1)C6(C7C8C%11%109)C5[C@@H]4C23.P.PP. The van der Waals surface area contributed by atoms with Gasteiger partial charge in [0.05, 0.1) is 0 Å². The van der Waals surface area contributed by atoms with E-state index >= 15 is 0 Å². The van der Waals surface area contributed by atoms with Crippen LogP contribution in [0.5, 0.6) is 0 Å². The van der Waals surface area contributed by atoms with E-state index in [0.717, 1.165) is 179 Å². The largest absolute Gasteiger partial charge is 0.153 e. The molecule has 0 N–H and O–H groups in total. The van der Waals surface area contributed by atoms with E-state index in [1.54, 1.807) is 64.2 Å². The van der Waals surface area contributed by atoms with Gasteiger partial charge in [0.1, 0.15) is 0 Å². The van der Waals surface area contributed by atoms with Crippen LogP contribution in [-0.4, -0.2) is 0 Å². The molecule has 3 heteroatoms. The van der Waals surface area contributed by atoms with Gasteiger partial charge in [-0.05, 0) is 688 Å². The summed E-state index contributed by atoms with van der Waals surface area (Å²) in [6, 6.07) is 0. The first-order valence-corrected chi connectivity index (χ1v) is 63.2. The summed E-state index contributed by atoms with van der Waals surface area (Å²) < 4.78 is 0. The Balaban J connectivity index is 0.000000118. The average Bonchev–Trinajstić information content (AvgIpc) is 0.394. The zero-order chi connectivity index (χ0) is 69.3. The van der Waals surface area contributed by atoms with E-state index in [4.69, 9.17) is 0 Å². The smallest absolute Gasteiger partial charge is 0.0000127 e. The monoisotopic (exact) mass is 1660 g/mol. The Labute approximate surface area is 731 Å². The van der Waals surface area contributed by atoms with Crippen LogP contribution in [0.15, 0.2) is 0 Å². The van der Waals surface area contributed by atoms with Gasteiger partial charge in [0.15, 0.2) is 0 Å². The van der Waals surface area contributed by atoms with Crippen molar-refractivity contribution in [2.45, 2.75) is 105 Å². The fraction of sp³-hybridized carbons (Fsp3) is 1.00. The normalized spacial score (nSPS) is 132. The van der Waals surface area contributed by atoms with Crippen molar-refractivity contribution < 1.29 is 0 Å². The first kappa shape index (κ1) is 48.2. The van der Waals surface area contributed by atoms with E-state index < -0.39 is 0 Å².